The standard InChI is InChI=1S/C15H21NO3/c17-11-10-16(13-8-9-13)15(18)7-4-12-19-14-5-2-1-3-6-14/h1-3,5-6,13,17H,4,7-12H2. The van der Waals surface area contributed by atoms with Crippen molar-refractivity contribution in [3.63, 3.8) is 0 Å². The molecule has 1 saturated carbocycles. The SMILES string of the molecule is O=C(CCCOc1ccccc1)N(CCO)C1CC1. The van der Waals surface area contributed by atoms with Gasteiger partial charge in [-0.15, -0.1) is 0 Å². The topological polar surface area (TPSA) is 49.8 Å². The summed E-state index contributed by atoms with van der Waals surface area (Å²) in [6.07, 6.45) is 3.35. The molecule has 0 aromatic heterocycles. The van der Waals surface area contributed by atoms with Gasteiger partial charge in [0.15, 0.2) is 0 Å². The van der Waals surface area contributed by atoms with Crippen molar-refractivity contribution in [2.75, 3.05) is 19.8 Å². The van der Waals surface area contributed by atoms with E-state index in [9.17, 15) is 4.79 Å². The minimum Gasteiger partial charge on any atom is -0.494 e. The summed E-state index contributed by atoms with van der Waals surface area (Å²) in [4.78, 5) is 13.8. The molecule has 0 aliphatic heterocycles. The maximum atomic E-state index is 12.0. The molecule has 4 heteroatoms. The second-order valence-electron chi connectivity index (χ2n) is 4.81. The van der Waals surface area contributed by atoms with Crippen LogP contribution in [0, 0.1) is 0 Å². The Hall–Kier alpha value is -1.55. The van der Waals surface area contributed by atoms with E-state index in [2.05, 4.69) is 0 Å². The van der Waals surface area contributed by atoms with Gasteiger partial charge in [-0.2, -0.15) is 0 Å². The highest BCUT2D eigenvalue weighted by Crippen LogP contribution is 2.27. The number of ether oxygens (including phenoxy) is 1. The lowest BCUT2D eigenvalue weighted by Crippen LogP contribution is -2.35. The van der Waals surface area contributed by atoms with Crippen molar-refractivity contribution in [1.29, 1.82) is 0 Å². The maximum absolute atomic E-state index is 12.0. The summed E-state index contributed by atoms with van der Waals surface area (Å²) < 4.78 is 5.55. The Morgan fingerprint density at radius 3 is 2.68 bits per heavy atom. The van der Waals surface area contributed by atoms with Crippen molar-refractivity contribution in [3.8, 4) is 5.75 Å². The molecule has 0 atom stereocenters. The van der Waals surface area contributed by atoms with E-state index in [4.69, 9.17) is 9.84 Å². The fraction of sp³-hybridized carbons (Fsp3) is 0.533. The van der Waals surface area contributed by atoms with Crippen molar-refractivity contribution in [2.45, 2.75) is 31.7 Å². The van der Waals surface area contributed by atoms with Gasteiger partial charge in [0.2, 0.25) is 5.91 Å². The van der Waals surface area contributed by atoms with Gasteiger partial charge >= 0.3 is 0 Å². The number of benzene rings is 1. The molecule has 4 nitrogen and oxygen atoms in total. The molecule has 1 amide bonds. The van der Waals surface area contributed by atoms with E-state index in [1.165, 1.54) is 0 Å². The lowest BCUT2D eigenvalue weighted by atomic mass is 10.2. The molecular formula is C15H21NO3. The van der Waals surface area contributed by atoms with Gasteiger partial charge in [0.1, 0.15) is 5.75 Å². The molecule has 2 rings (SSSR count). The first-order valence-corrected chi connectivity index (χ1v) is 6.89. The predicted molar refractivity (Wildman–Crippen MR) is 73.0 cm³/mol. The monoisotopic (exact) mass is 263 g/mol. The lowest BCUT2D eigenvalue weighted by Gasteiger charge is -2.21. The number of carbonyl (C=O) groups is 1. The summed E-state index contributed by atoms with van der Waals surface area (Å²) in [6.45, 7) is 1.05. The number of aliphatic hydroxyl groups excluding tert-OH is 1. The number of para-hydroxylation sites is 1. The van der Waals surface area contributed by atoms with Crippen LogP contribution in [0.4, 0.5) is 0 Å². The zero-order valence-electron chi connectivity index (χ0n) is 11.1. The van der Waals surface area contributed by atoms with Crippen LogP contribution in [-0.2, 0) is 4.79 Å². The lowest BCUT2D eigenvalue weighted by molar-refractivity contribution is -0.132. The molecule has 0 radical (unpaired) electrons. The molecule has 0 saturated heterocycles. The molecule has 0 heterocycles. The second-order valence-corrected chi connectivity index (χ2v) is 4.81. The van der Waals surface area contributed by atoms with Gasteiger partial charge in [-0.25, -0.2) is 0 Å². The van der Waals surface area contributed by atoms with Crippen LogP contribution in [0.2, 0.25) is 0 Å². The zero-order valence-corrected chi connectivity index (χ0v) is 11.1. The minimum absolute atomic E-state index is 0.0444. The molecule has 1 aromatic carbocycles. The van der Waals surface area contributed by atoms with Crippen molar-refractivity contribution >= 4 is 5.91 Å². The zero-order chi connectivity index (χ0) is 13.5. The van der Waals surface area contributed by atoms with E-state index in [0.717, 1.165) is 18.6 Å². The third-order valence-electron chi connectivity index (χ3n) is 3.20. The fourth-order valence-electron chi connectivity index (χ4n) is 2.08. The maximum Gasteiger partial charge on any atom is 0.223 e. The van der Waals surface area contributed by atoms with Crippen molar-refractivity contribution in [1.82, 2.24) is 4.90 Å². The Bertz CT molecular complexity index is 390. The fourth-order valence-corrected chi connectivity index (χ4v) is 2.08. The first-order valence-electron chi connectivity index (χ1n) is 6.89. The van der Waals surface area contributed by atoms with Gasteiger partial charge in [-0.1, -0.05) is 18.2 Å². The number of rotatable bonds is 8. The van der Waals surface area contributed by atoms with Crippen LogP contribution in [0.1, 0.15) is 25.7 Å². The average Bonchev–Trinajstić information content (AvgIpc) is 3.26. The van der Waals surface area contributed by atoms with Gasteiger partial charge in [0.05, 0.1) is 13.2 Å². The van der Waals surface area contributed by atoms with Crippen LogP contribution in [0.25, 0.3) is 0 Å². The van der Waals surface area contributed by atoms with Crippen molar-refractivity contribution < 1.29 is 14.6 Å². The number of hydrogen-bond donors (Lipinski definition) is 1. The molecule has 1 aliphatic carbocycles. The van der Waals surface area contributed by atoms with E-state index in [1.807, 2.05) is 35.2 Å². The normalized spacial score (nSPS) is 14.2. The van der Waals surface area contributed by atoms with E-state index in [-0.39, 0.29) is 12.5 Å². The quantitative estimate of drug-likeness (QED) is 0.728. The molecule has 104 valence electrons. The second kappa shape index (κ2) is 7.14. The molecule has 1 N–H and O–H groups in total. The summed E-state index contributed by atoms with van der Waals surface area (Å²) in [5.74, 6) is 0.970. The Labute approximate surface area is 114 Å². The highest BCUT2D eigenvalue weighted by atomic mass is 16.5. The van der Waals surface area contributed by atoms with Gasteiger partial charge in [0.25, 0.3) is 0 Å². The number of aliphatic hydroxyl groups is 1. The van der Waals surface area contributed by atoms with Crippen LogP contribution < -0.4 is 4.74 Å². The van der Waals surface area contributed by atoms with Gasteiger partial charge in [-0.05, 0) is 31.4 Å². The third kappa shape index (κ3) is 4.56. The Morgan fingerprint density at radius 2 is 2.05 bits per heavy atom. The number of amides is 1. The van der Waals surface area contributed by atoms with E-state index >= 15 is 0 Å². The number of hydrogen-bond acceptors (Lipinski definition) is 3. The average molecular weight is 263 g/mol. The first-order chi connectivity index (χ1) is 9.31. The predicted octanol–water partition coefficient (Wildman–Crippen LogP) is 1.83. The summed E-state index contributed by atoms with van der Waals surface area (Å²) in [6, 6.07) is 9.98. The first kappa shape index (κ1) is 13.9. The van der Waals surface area contributed by atoms with Crippen molar-refractivity contribution in [3.05, 3.63) is 30.3 Å². The number of nitrogens with zero attached hydrogens (tertiary/aromatic N) is 1. The molecule has 0 bridgehead atoms. The molecular weight excluding hydrogens is 242 g/mol. The summed E-state index contributed by atoms with van der Waals surface area (Å²) >= 11 is 0. The summed E-state index contributed by atoms with van der Waals surface area (Å²) in [5, 5.41) is 8.96. The summed E-state index contributed by atoms with van der Waals surface area (Å²) in [5.41, 5.74) is 0. The third-order valence-corrected chi connectivity index (χ3v) is 3.20. The van der Waals surface area contributed by atoms with Gasteiger partial charge in [0, 0.05) is 19.0 Å². The van der Waals surface area contributed by atoms with Crippen LogP contribution in [0.15, 0.2) is 30.3 Å². The van der Waals surface area contributed by atoms with Gasteiger partial charge < -0.3 is 14.7 Å². The van der Waals surface area contributed by atoms with Crippen LogP contribution in [0.5, 0.6) is 5.75 Å². The number of carbonyl (C=O) groups excluding carboxylic acids is 1. The highest BCUT2D eigenvalue weighted by Gasteiger charge is 2.31. The van der Waals surface area contributed by atoms with E-state index < -0.39 is 0 Å². The van der Waals surface area contributed by atoms with Crippen LogP contribution in [0.3, 0.4) is 0 Å². The van der Waals surface area contributed by atoms with Crippen molar-refractivity contribution in [2.24, 2.45) is 0 Å². The Balaban J connectivity index is 1.65. The highest BCUT2D eigenvalue weighted by molar-refractivity contribution is 5.76. The van der Waals surface area contributed by atoms with Crippen LogP contribution >= 0.6 is 0 Å². The van der Waals surface area contributed by atoms with E-state index in [1.54, 1.807) is 0 Å². The Kier molecular flexibility index (Phi) is 5.21. The largest absolute Gasteiger partial charge is 0.494 e. The van der Waals surface area contributed by atoms with Gasteiger partial charge in [-0.3, -0.25) is 4.79 Å². The minimum atomic E-state index is 0.0444. The molecule has 1 fully saturated rings. The molecule has 1 aromatic rings. The molecule has 0 spiro atoms. The van der Waals surface area contributed by atoms with Crippen LogP contribution in [-0.4, -0.2) is 41.7 Å². The molecule has 1 aliphatic rings. The van der Waals surface area contributed by atoms with E-state index in [0.29, 0.717) is 32.0 Å². The molecule has 19 heavy (non-hydrogen) atoms. The Morgan fingerprint density at radius 1 is 1.32 bits per heavy atom. The summed E-state index contributed by atoms with van der Waals surface area (Å²) in [7, 11) is 0. The molecule has 0 unspecified atom stereocenters. The smallest absolute Gasteiger partial charge is 0.223 e.